The van der Waals surface area contributed by atoms with Crippen LogP contribution in [0.4, 0.5) is 0 Å². The van der Waals surface area contributed by atoms with Crippen molar-refractivity contribution in [2.45, 2.75) is 45.4 Å². The van der Waals surface area contributed by atoms with Crippen molar-refractivity contribution in [1.29, 1.82) is 0 Å². The monoisotopic (exact) mass is 373 g/mol. The molecule has 0 aliphatic carbocycles. The Morgan fingerprint density at radius 3 is 2.24 bits per heavy atom. The van der Waals surface area contributed by atoms with Crippen molar-refractivity contribution in [1.82, 2.24) is 4.31 Å². The number of hydrogen-bond donors (Lipinski definition) is 0. The minimum absolute atomic E-state index is 0.250. The highest BCUT2D eigenvalue weighted by Gasteiger charge is 2.34. The summed E-state index contributed by atoms with van der Waals surface area (Å²) in [6, 6.07) is 5.40. The van der Waals surface area contributed by atoms with Gasteiger partial charge in [0.25, 0.3) is 0 Å². The molecule has 0 aromatic heterocycles. The van der Waals surface area contributed by atoms with E-state index < -0.39 is 10.0 Å². The third kappa shape index (κ3) is 3.69. The molecule has 1 aromatic carbocycles. The normalized spacial score (nSPS) is 18.9. The molecule has 0 atom stereocenters. The average molecular weight is 374 g/mol. The predicted molar refractivity (Wildman–Crippen MR) is 89.8 cm³/mol. The van der Waals surface area contributed by atoms with Crippen molar-refractivity contribution >= 4 is 26.0 Å². The summed E-state index contributed by atoms with van der Waals surface area (Å²) in [6.45, 7) is 9.89. The van der Waals surface area contributed by atoms with Gasteiger partial charge in [-0.25, -0.2) is 8.42 Å². The second-order valence-corrected chi connectivity index (χ2v) is 9.74. The molecule has 0 bridgehead atoms. The van der Waals surface area contributed by atoms with Crippen molar-refractivity contribution in [3.05, 3.63) is 28.2 Å². The molecule has 0 N–H and O–H groups in total. The Morgan fingerprint density at radius 2 is 1.76 bits per heavy atom. The van der Waals surface area contributed by atoms with E-state index in [0.717, 1.165) is 18.4 Å². The molecule has 0 amide bonds. The maximum Gasteiger partial charge on any atom is 0.244 e. The van der Waals surface area contributed by atoms with Gasteiger partial charge in [0.05, 0.1) is 4.90 Å². The number of piperidine rings is 1. The van der Waals surface area contributed by atoms with E-state index >= 15 is 0 Å². The summed E-state index contributed by atoms with van der Waals surface area (Å²) in [5.41, 5.74) is 1.30. The van der Waals surface area contributed by atoms with Crippen LogP contribution < -0.4 is 0 Å². The zero-order valence-electron chi connectivity index (χ0n) is 13.2. The Bertz CT molecular complexity index is 612. The van der Waals surface area contributed by atoms with Gasteiger partial charge in [0.2, 0.25) is 10.0 Å². The minimum atomic E-state index is -3.39. The van der Waals surface area contributed by atoms with Gasteiger partial charge >= 0.3 is 0 Å². The SMILES string of the molecule is Cc1ccc(S(=O)(=O)N2CCC(C(C)(C)C)CC2)c(Br)c1. The van der Waals surface area contributed by atoms with Crippen LogP contribution in [0, 0.1) is 18.3 Å². The number of halogens is 1. The standard InChI is InChI=1S/C16H24BrNO2S/c1-12-5-6-15(14(17)11-12)21(19,20)18-9-7-13(8-10-18)16(2,3)4/h5-6,11,13H,7-10H2,1-4H3. The molecule has 1 aliphatic heterocycles. The summed E-state index contributed by atoms with van der Waals surface area (Å²) in [5, 5.41) is 0. The van der Waals surface area contributed by atoms with Crippen molar-refractivity contribution in [3.8, 4) is 0 Å². The molecule has 0 spiro atoms. The zero-order valence-corrected chi connectivity index (χ0v) is 15.6. The first kappa shape index (κ1) is 17.0. The van der Waals surface area contributed by atoms with Gasteiger partial charge < -0.3 is 0 Å². The third-order valence-electron chi connectivity index (χ3n) is 4.38. The molecule has 3 nitrogen and oxygen atoms in total. The quantitative estimate of drug-likeness (QED) is 0.778. The lowest BCUT2D eigenvalue weighted by atomic mass is 9.76. The van der Waals surface area contributed by atoms with Crippen LogP contribution in [0.3, 0.4) is 0 Å². The van der Waals surface area contributed by atoms with E-state index in [-0.39, 0.29) is 5.41 Å². The number of hydrogen-bond acceptors (Lipinski definition) is 2. The Labute approximate surface area is 136 Å². The Hall–Kier alpha value is -0.390. The molecule has 2 rings (SSSR count). The fraction of sp³-hybridized carbons (Fsp3) is 0.625. The van der Waals surface area contributed by atoms with Gasteiger partial charge in [-0.15, -0.1) is 0 Å². The Morgan fingerprint density at radius 1 is 1.19 bits per heavy atom. The Kier molecular flexibility index (Phi) is 4.86. The third-order valence-corrected chi connectivity index (χ3v) is 7.26. The smallest absolute Gasteiger partial charge is 0.207 e. The molecule has 1 heterocycles. The molecule has 21 heavy (non-hydrogen) atoms. The summed E-state index contributed by atoms with van der Waals surface area (Å²) in [6.07, 6.45) is 1.87. The van der Waals surface area contributed by atoms with Crippen molar-refractivity contribution in [2.24, 2.45) is 11.3 Å². The first-order valence-electron chi connectivity index (χ1n) is 7.38. The van der Waals surface area contributed by atoms with Crippen LogP contribution in [0.5, 0.6) is 0 Å². The number of benzene rings is 1. The molecule has 0 unspecified atom stereocenters. The molecule has 0 radical (unpaired) electrons. The highest BCUT2D eigenvalue weighted by Crippen LogP contribution is 2.36. The molecule has 1 aromatic rings. The van der Waals surface area contributed by atoms with Gasteiger partial charge in [-0.1, -0.05) is 26.8 Å². The summed E-state index contributed by atoms with van der Waals surface area (Å²) < 4.78 is 27.8. The second kappa shape index (κ2) is 6.01. The van der Waals surface area contributed by atoms with Crippen molar-refractivity contribution < 1.29 is 8.42 Å². The van der Waals surface area contributed by atoms with E-state index in [1.54, 1.807) is 10.4 Å². The fourth-order valence-electron chi connectivity index (χ4n) is 2.92. The predicted octanol–water partition coefficient (Wildman–Crippen LogP) is 4.20. The number of nitrogens with zero attached hydrogens (tertiary/aromatic N) is 1. The molecular weight excluding hydrogens is 350 g/mol. The summed E-state index contributed by atoms with van der Waals surface area (Å²) in [5.74, 6) is 0.588. The van der Waals surface area contributed by atoms with E-state index in [4.69, 9.17) is 0 Å². The summed E-state index contributed by atoms with van der Waals surface area (Å²) in [7, 11) is -3.39. The molecule has 1 aliphatic rings. The van der Waals surface area contributed by atoms with Crippen LogP contribution in [-0.2, 0) is 10.0 Å². The maximum atomic E-state index is 12.8. The second-order valence-electron chi connectivity index (χ2n) is 6.98. The number of sulfonamides is 1. The van der Waals surface area contributed by atoms with E-state index in [1.165, 1.54) is 0 Å². The van der Waals surface area contributed by atoms with Gasteiger partial charge in [0.15, 0.2) is 0 Å². The van der Waals surface area contributed by atoms with Crippen LogP contribution in [-0.4, -0.2) is 25.8 Å². The fourth-order valence-corrected chi connectivity index (χ4v) is 5.54. The van der Waals surface area contributed by atoms with E-state index in [9.17, 15) is 8.42 Å². The summed E-state index contributed by atoms with van der Waals surface area (Å²) in [4.78, 5) is 0.377. The van der Waals surface area contributed by atoms with Crippen molar-refractivity contribution in [3.63, 3.8) is 0 Å². The molecule has 5 heteroatoms. The largest absolute Gasteiger partial charge is 0.244 e. The Balaban J connectivity index is 2.19. The van der Waals surface area contributed by atoms with E-state index in [1.807, 2.05) is 19.1 Å². The highest BCUT2D eigenvalue weighted by molar-refractivity contribution is 9.10. The molecule has 1 saturated heterocycles. The molecular formula is C16H24BrNO2S. The van der Waals surface area contributed by atoms with Crippen LogP contribution in [0.2, 0.25) is 0 Å². The van der Waals surface area contributed by atoms with E-state index in [0.29, 0.717) is 28.4 Å². The molecule has 118 valence electrons. The van der Waals surface area contributed by atoms with Crippen molar-refractivity contribution in [2.75, 3.05) is 13.1 Å². The van der Waals surface area contributed by atoms with Gasteiger partial charge in [-0.05, 0) is 64.7 Å². The zero-order chi connectivity index (χ0) is 15.8. The minimum Gasteiger partial charge on any atom is -0.207 e. The van der Waals surface area contributed by atoms with Crippen LogP contribution in [0.1, 0.15) is 39.2 Å². The van der Waals surface area contributed by atoms with Crippen LogP contribution in [0.15, 0.2) is 27.6 Å². The first-order valence-corrected chi connectivity index (χ1v) is 9.62. The summed E-state index contributed by atoms with van der Waals surface area (Å²) >= 11 is 3.39. The molecule has 1 fully saturated rings. The van der Waals surface area contributed by atoms with Gasteiger partial charge in [0, 0.05) is 17.6 Å². The topological polar surface area (TPSA) is 37.4 Å². The van der Waals surface area contributed by atoms with Crippen LogP contribution >= 0.6 is 15.9 Å². The highest BCUT2D eigenvalue weighted by atomic mass is 79.9. The lowest BCUT2D eigenvalue weighted by Gasteiger charge is -2.38. The van der Waals surface area contributed by atoms with E-state index in [2.05, 4.69) is 36.7 Å². The van der Waals surface area contributed by atoms with Gasteiger partial charge in [-0.2, -0.15) is 4.31 Å². The number of aryl methyl sites for hydroxylation is 1. The molecule has 0 saturated carbocycles. The van der Waals surface area contributed by atoms with Gasteiger partial charge in [-0.3, -0.25) is 0 Å². The average Bonchev–Trinajstić information content (AvgIpc) is 2.37. The van der Waals surface area contributed by atoms with Gasteiger partial charge in [0.1, 0.15) is 0 Å². The lowest BCUT2D eigenvalue weighted by Crippen LogP contribution is -2.41. The first-order chi connectivity index (χ1) is 9.62. The van der Waals surface area contributed by atoms with Crippen LogP contribution in [0.25, 0.3) is 0 Å². The lowest BCUT2D eigenvalue weighted by molar-refractivity contribution is 0.154. The number of rotatable bonds is 2. The maximum absolute atomic E-state index is 12.8.